The summed E-state index contributed by atoms with van der Waals surface area (Å²) in [5.74, 6) is -1.34. The van der Waals surface area contributed by atoms with Crippen LogP contribution in [0, 0.1) is 0 Å². The van der Waals surface area contributed by atoms with E-state index >= 15 is 0 Å². The van der Waals surface area contributed by atoms with Crippen LogP contribution in [0.4, 0.5) is 10.5 Å². The van der Waals surface area contributed by atoms with Crippen molar-refractivity contribution in [3.8, 4) is 0 Å². The molecular formula is C20H20N2O4S. The molecule has 1 aliphatic rings. The second kappa shape index (κ2) is 8.26. The van der Waals surface area contributed by atoms with Gasteiger partial charge in [0.2, 0.25) is 0 Å². The number of rotatable bonds is 7. The van der Waals surface area contributed by atoms with E-state index in [-0.39, 0.29) is 5.75 Å². The number of imide groups is 1. The Bertz CT molecular complexity index is 828. The largest absolute Gasteiger partial charge is 0.481 e. The molecule has 0 spiro atoms. The van der Waals surface area contributed by atoms with E-state index in [1.54, 1.807) is 30.3 Å². The zero-order valence-electron chi connectivity index (χ0n) is 14.6. The molecule has 7 heteroatoms. The first-order valence-corrected chi connectivity index (χ1v) is 9.24. The number of carbonyl (C=O) groups excluding carboxylic acids is 2. The van der Waals surface area contributed by atoms with Crippen molar-refractivity contribution in [2.75, 3.05) is 10.7 Å². The van der Waals surface area contributed by atoms with Gasteiger partial charge in [-0.2, -0.15) is 12.6 Å². The number of carboxylic acid groups (broad SMARTS) is 1. The molecule has 6 nitrogen and oxygen atoms in total. The number of hydrogen-bond donors (Lipinski definition) is 2. The van der Waals surface area contributed by atoms with Crippen LogP contribution in [0.15, 0.2) is 60.7 Å². The van der Waals surface area contributed by atoms with Crippen molar-refractivity contribution in [2.45, 2.75) is 24.9 Å². The molecule has 2 atom stereocenters. The summed E-state index contributed by atoms with van der Waals surface area (Å²) in [6.07, 6.45) is 0.0187. The highest BCUT2D eigenvalue weighted by Gasteiger charge is 2.49. The van der Waals surface area contributed by atoms with Gasteiger partial charge in [-0.05, 0) is 24.1 Å². The lowest BCUT2D eigenvalue weighted by Gasteiger charge is -2.25. The molecule has 140 valence electrons. The number of hydrogen-bond acceptors (Lipinski definition) is 4. The molecule has 0 radical (unpaired) electrons. The summed E-state index contributed by atoms with van der Waals surface area (Å²) in [5, 5.41) is 9.24. The Labute approximate surface area is 162 Å². The first-order chi connectivity index (χ1) is 13.0. The smallest absolute Gasteiger partial charge is 0.332 e. The number of para-hydroxylation sites is 1. The zero-order chi connectivity index (χ0) is 19.4. The number of amides is 3. The molecule has 1 aliphatic heterocycles. The van der Waals surface area contributed by atoms with E-state index in [1.807, 2.05) is 30.3 Å². The van der Waals surface area contributed by atoms with Gasteiger partial charge in [0.15, 0.2) is 0 Å². The van der Waals surface area contributed by atoms with Crippen LogP contribution in [0.1, 0.15) is 12.0 Å². The topological polar surface area (TPSA) is 77.9 Å². The molecule has 3 amide bonds. The molecule has 1 N–H and O–H groups in total. The molecule has 3 rings (SSSR count). The summed E-state index contributed by atoms with van der Waals surface area (Å²) in [4.78, 5) is 39.8. The van der Waals surface area contributed by atoms with Crippen LogP contribution in [0.5, 0.6) is 0 Å². The van der Waals surface area contributed by atoms with E-state index < -0.39 is 36.4 Å². The number of urea groups is 1. The van der Waals surface area contributed by atoms with Gasteiger partial charge in [0.1, 0.15) is 6.04 Å². The predicted molar refractivity (Wildman–Crippen MR) is 105 cm³/mol. The summed E-state index contributed by atoms with van der Waals surface area (Å²) in [5.41, 5.74) is 1.48. The highest BCUT2D eigenvalue weighted by atomic mass is 32.1. The van der Waals surface area contributed by atoms with Crippen LogP contribution in [0.25, 0.3) is 0 Å². The summed E-state index contributed by atoms with van der Waals surface area (Å²) in [7, 11) is 0. The summed E-state index contributed by atoms with van der Waals surface area (Å²) in [6.45, 7) is 0. The van der Waals surface area contributed by atoms with Gasteiger partial charge in [-0.15, -0.1) is 0 Å². The van der Waals surface area contributed by atoms with E-state index in [0.29, 0.717) is 12.1 Å². The molecule has 2 unspecified atom stereocenters. The van der Waals surface area contributed by atoms with Crippen molar-refractivity contribution in [2.24, 2.45) is 0 Å². The fraction of sp³-hybridized carbons (Fsp3) is 0.250. The second-order valence-corrected chi connectivity index (χ2v) is 6.70. The van der Waals surface area contributed by atoms with Gasteiger partial charge in [-0.1, -0.05) is 48.5 Å². The zero-order valence-corrected chi connectivity index (χ0v) is 15.5. The van der Waals surface area contributed by atoms with E-state index in [1.165, 1.54) is 9.80 Å². The maximum Gasteiger partial charge on any atom is 0.332 e. The Kier molecular flexibility index (Phi) is 5.81. The molecule has 0 aromatic heterocycles. The third kappa shape index (κ3) is 3.98. The molecule has 1 heterocycles. The lowest BCUT2D eigenvalue weighted by Crippen LogP contribution is -2.43. The highest BCUT2D eigenvalue weighted by Crippen LogP contribution is 2.30. The quantitative estimate of drug-likeness (QED) is 0.568. The Balaban J connectivity index is 1.94. The number of thiol groups is 1. The fourth-order valence-corrected chi connectivity index (χ4v) is 3.59. The van der Waals surface area contributed by atoms with Crippen molar-refractivity contribution in [3.05, 3.63) is 66.2 Å². The van der Waals surface area contributed by atoms with Gasteiger partial charge < -0.3 is 5.11 Å². The Morgan fingerprint density at radius 2 is 1.63 bits per heavy atom. The molecule has 0 aliphatic carbocycles. The van der Waals surface area contributed by atoms with Crippen LogP contribution < -0.4 is 4.90 Å². The van der Waals surface area contributed by atoms with E-state index in [0.717, 1.165) is 5.56 Å². The third-order valence-electron chi connectivity index (χ3n) is 4.54. The number of carbonyl (C=O) groups is 3. The van der Waals surface area contributed by atoms with Gasteiger partial charge in [0.05, 0.1) is 12.5 Å². The second-order valence-electron chi connectivity index (χ2n) is 6.34. The van der Waals surface area contributed by atoms with Gasteiger partial charge in [-0.25, -0.2) is 4.79 Å². The Morgan fingerprint density at radius 3 is 2.19 bits per heavy atom. The minimum Gasteiger partial charge on any atom is -0.481 e. The SMILES string of the molecule is O=C(O)CC1C(=O)N(C(CS)Cc2ccccc2)C(=O)N1c1ccccc1. The van der Waals surface area contributed by atoms with Crippen molar-refractivity contribution < 1.29 is 19.5 Å². The molecule has 1 fully saturated rings. The van der Waals surface area contributed by atoms with Crippen molar-refractivity contribution >= 4 is 36.2 Å². The summed E-state index contributed by atoms with van der Waals surface area (Å²) in [6, 6.07) is 16.2. The average molecular weight is 384 g/mol. The van der Waals surface area contributed by atoms with Crippen molar-refractivity contribution in [3.63, 3.8) is 0 Å². The van der Waals surface area contributed by atoms with E-state index in [9.17, 15) is 19.5 Å². The van der Waals surface area contributed by atoms with Gasteiger partial charge >= 0.3 is 12.0 Å². The molecule has 27 heavy (non-hydrogen) atoms. The number of benzene rings is 2. The minimum atomic E-state index is -1.13. The number of carboxylic acids is 1. The lowest BCUT2D eigenvalue weighted by atomic mass is 10.1. The van der Waals surface area contributed by atoms with E-state index in [2.05, 4.69) is 12.6 Å². The van der Waals surface area contributed by atoms with Crippen molar-refractivity contribution in [1.82, 2.24) is 4.90 Å². The van der Waals surface area contributed by atoms with Gasteiger partial charge in [0, 0.05) is 11.4 Å². The van der Waals surface area contributed by atoms with E-state index in [4.69, 9.17) is 0 Å². The van der Waals surface area contributed by atoms with Gasteiger partial charge in [0.25, 0.3) is 5.91 Å². The van der Waals surface area contributed by atoms with Crippen molar-refractivity contribution in [1.29, 1.82) is 0 Å². The van der Waals surface area contributed by atoms with Crippen LogP contribution in [0.3, 0.4) is 0 Å². The monoisotopic (exact) mass is 384 g/mol. The molecule has 2 aromatic rings. The van der Waals surface area contributed by atoms with Crippen LogP contribution >= 0.6 is 12.6 Å². The summed E-state index contributed by atoms with van der Waals surface area (Å²) >= 11 is 4.34. The van der Waals surface area contributed by atoms with Crippen LogP contribution in [-0.2, 0) is 16.0 Å². The summed E-state index contributed by atoms with van der Waals surface area (Å²) < 4.78 is 0. The lowest BCUT2D eigenvalue weighted by molar-refractivity contribution is -0.140. The Hall–Kier alpha value is -2.80. The number of anilines is 1. The standard InChI is InChI=1S/C20H20N2O4S/c23-18(24)12-17-19(25)22(16(13-27)11-14-7-3-1-4-8-14)20(26)21(17)15-9-5-2-6-10-15/h1-10,16-17,27H,11-13H2,(H,23,24). The molecule has 1 saturated heterocycles. The first-order valence-electron chi connectivity index (χ1n) is 8.60. The predicted octanol–water partition coefficient (Wildman–Crippen LogP) is 2.84. The normalized spacial score (nSPS) is 18.0. The first kappa shape index (κ1) is 19.0. The minimum absolute atomic E-state index is 0.287. The maximum absolute atomic E-state index is 13.1. The fourth-order valence-electron chi connectivity index (χ4n) is 3.30. The number of aliphatic carboxylic acids is 1. The average Bonchev–Trinajstić information content (AvgIpc) is 2.91. The molecule has 2 aromatic carbocycles. The molecular weight excluding hydrogens is 364 g/mol. The Morgan fingerprint density at radius 1 is 1.04 bits per heavy atom. The van der Waals surface area contributed by atoms with Crippen LogP contribution in [-0.4, -0.2) is 45.8 Å². The highest BCUT2D eigenvalue weighted by molar-refractivity contribution is 7.80. The van der Waals surface area contributed by atoms with Gasteiger partial charge in [-0.3, -0.25) is 19.4 Å². The molecule has 0 bridgehead atoms. The molecule has 0 saturated carbocycles. The van der Waals surface area contributed by atoms with Crippen LogP contribution in [0.2, 0.25) is 0 Å². The number of nitrogens with zero attached hydrogens (tertiary/aromatic N) is 2. The third-order valence-corrected chi connectivity index (χ3v) is 4.96. The maximum atomic E-state index is 13.1.